The first kappa shape index (κ1) is 33.9. The maximum atomic E-state index is 13.9. The van der Waals surface area contributed by atoms with Crippen molar-refractivity contribution in [2.24, 2.45) is 0 Å². The standard InChI is InChI=1S/C29H33ClF2N6O6/c1-17(39)38(36-13-19-6-5-7-23(32)26(19)30)22(14-34-25(40)15-35-27(41)44-29(2,3)4)16-43-28(42)37-24-11-20-10-21(31)9-8-18(20)12-33-24/h5-12,22,36H,13-16H2,1-4H3,(H,34,40)(H,35,41)(H,33,37,42)/t22-/m0/s1. The van der Waals surface area contributed by atoms with Crippen LogP contribution < -0.4 is 21.4 Å². The number of nitrogens with zero attached hydrogens (tertiary/aromatic N) is 2. The monoisotopic (exact) mass is 634 g/mol. The number of nitrogens with one attached hydrogen (secondary N) is 4. The lowest BCUT2D eigenvalue weighted by molar-refractivity contribution is -0.137. The van der Waals surface area contributed by atoms with Gasteiger partial charge in [-0.3, -0.25) is 19.9 Å². The van der Waals surface area contributed by atoms with E-state index in [1.165, 1.54) is 43.5 Å². The number of halogens is 3. The molecule has 0 unspecified atom stereocenters. The van der Waals surface area contributed by atoms with Gasteiger partial charge in [-0.1, -0.05) is 23.7 Å². The first-order chi connectivity index (χ1) is 20.7. The van der Waals surface area contributed by atoms with Gasteiger partial charge in [-0.25, -0.2) is 28.8 Å². The van der Waals surface area contributed by atoms with Crippen LogP contribution in [0.2, 0.25) is 5.02 Å². The molecule has 236 valence electrons. The number of hydrazine groups is 1. The molecule has 0 spiro atoms. The van der Waals surface area contributed by atoms with Crippen molar-refractivity contribution in [3.8, 4) is 0 Å². The zero-order chi connectivity index (χ0) is 32.4. The summed E-state index contributed by atoms with van der Waals surface area (Å²) in [5.41, 5.74) is 2.42. The largest absolute Gasteiger partial charge is 0.447 e. The van der Waals surface area contributed by atoms with Crippen molar-refractivity contribution in [3.05, 3.63) is 70.9 Å². The molecule has 0 aliphatic rings. The molecule has 2 aromatic carbocycles. The van der Waals surface area contributed by atoms with Crippen LogP contribution in [0.3, 0.4) is 0 Å². The molecule has 4 amide bonds. The number of carbonyl (C=O) groups is 4. The van der Waals surface area contributed by atoms with E-state index in [1.54, 1.807) is 32.9 Å². The SMILES string of the molecule is CC(=O)N(NCc1cccc(F)c1Cl)[C@@H](CNC(=O)CNC(=O)OC(C)(C)C)COC(=O)Nc1cc2cc(F)ccc2cn1. The van der Waals surface area contributed by atoms with Gasteiger partial charge in [0, 0.05) is 31.6 Å². The predicted octanol–water partition coefficient (Wildman–Crippen LogP) is 4.28. The summed E-state index contributed by atoms with van der Waals surface area (Å²) in [5, 5.41) is 9.45. The molecular weight excluding hydrogens is 602 g/mol. The Labute approximate surface area is 257 Å². The van der Waals surface area contributed by atoms with E-state index in [1.807, 2.05) is 0 Å². The van der Waals surface area contributed by atoms with Gasteiger partial charge in [-0.15, -0.1) is 0 Å². The minimum absolute atomic E-state index is 0.0788. The molecule has 0 bridgehead atoms. The predicted molar refractivity (Wildman–Crippen MR) is 158 cm³/mol. The number of pyridine rings is 1. The minimum atomic E-state index is -0.977. The Kier molecular flexibility index (Phi) is 11.8. The Hall–Kier alpha value is -4.56. The molecule has 0 saturated carbocycles. The lowest BCUT2D eigenvalue weighted by Gasteiger charge is -2.31. The first-order valence-corrected chi connectivity index (χ1v) is 13.8. The van der Waals surface area contributed by atoms with Crippen LogP contribution in [-0.2, 0) is 25.6 Å². The average molecular weight is 635 g/mol. The van der Waals surface area contributed by atoms with E-state index in [4.69, 9.17) is 21.1 Å². The summed E-state index contributed by atoms with van der Waals surface area (Å²) in [5.74, 6) is -2.15. The quantitative estimate of drug-likeness (QED) is 0.228. The summed E-state index contributed by atoms with van der Waals surface area (Å²) < 4.78 is 38.0. The van der Waals surface area contributed by atoms with Gasteiger partial charge in [-0.2, -0.15) is 0 Å². The van der Waals surface area contributed by atoms with Gasteiger partial charge in [0.15, 0.2) is 0 Å². The molecule has 1 aromatic heterocycles. The van der Waals surface area contributed by atoms with Crippen molar-refractivity contribution in [2.75, 3.05) is 25.0 Å². The normalized spacial score (nSPS) is 11.8. The Morgan fingerprint density at radius 3 is 2.48 bits per heavy atom. The van der Waals surface area contributed by atoms with Crippen LogP contribution in [-0.4, -0.2) is 65.3 Å². The highest BCUT2D eigenvalue weighted by molar-refractivity contribution is 6.31. The zero-order valence-electron chi connectivity index (χ0n) is 24.5. The number of carbonyl (C=O) groups excluding carboxylic acids is 4. The molecule has 0 radical (unpaired) electrons. The van der Waals surface area contributed by atoms with Gasteiger partial charge < -0.3 is 20.1 Å². The van der Waals surface area contributed by atoms with Crippen molar-refractivity contribution >= 4 is 52.2 Å². The molecule has 0 aliphatic heterocycles. The number of alkyl carbamates (subject to hydrolysis) is 1. The molecule has 12 nitrogen and oxygen atoms in total. The van der Waals surface area contributed by atoms with E-state index in [9.17, 15) is 28.0 Å². The van der Waals surface area contributed by atoms with Crippen LogP contribution in [0.25, 0.3) is 10.8 Å². The third-order valence-electron chi connectivity index (χ3n) is 5.82. The number of hydrogen-bond donors (Lipinski definition) is 4. The van der Waals surface area contributed by atoms with Crippen molar-refractivity contribution < 1.29 is 37.4 Å². The van der Waals surface area contributed by atoms with Crippen LogP contribution in [0.15, 0.2) is 48.7 Å². The highest BCUT2D eigenvalue weighted by Crippen LogP contribution is 2.20. The fraction of sp³-hybridized carbons (Fsp3) is 0.345. The van der Waals surface area contributed by atoms with Crippen molar-refractivity contribution in [1.82, 2.24) is 26.1 Å². The summed E-state index contributed by atoms with van der Waals surface area (Å²) >= 11 is 6.04. The highest BCUT2D eigenvalue weighted by atomic mass is 35.5. The number of rotatable bonds is 11. The molecule has 15 heteroatoms. The second-order valence-electron chi connectivity index (χ2n) is 10.5. The maximum Gasteiger partial charge on any atom is 0.412 e. The van der Waals surface area contributed by atoms with Crippen molar-refractivity contribution in [3.63, 3.8) is 0 Å². The summed E-state index contributed by atoms with van der Waals surface area (Å²) in [6.07, 6.45) is -0.284. The number of aromatic nitrogens is 1. The summed E-state index contributed by atoms with van der Waals surface area (Å²) in [7, 11) is 0. The minimum Gasteiger partial charge on any atom is -0.447 e. The molecule has 44 heavy (non-hydrogen) atoms. The first-order valence-electron chi connectivity index (χ1n) is 13.4. The molecule has 1 heterocycles. The van der Waals surface area contributed by atoms with Crippen molar-refractivity contribution in [2.45, 2.75) is 45.9 Å². The Balaban J connectivity index is 1.68. The number of benzene rings is 2. The third kappa shape index (κ3) is 10.6. The number of anilines is 1. The van der Waals surface area contributed by atoms with Crippen molar-refractivity contribution in [1.29, 1.82) is 0 Å². The number of ether oxygens (including phenoxy) is 2. The summed E-state index contributed by atoms with van der Waals surface area (Å²) in [6.45, 7) is 5.10. The molecule has 4 N–H and O–H groups in total. The lowest BCUT2D eigenvalue weighted by Crippen LogP contribution is -2.55. The lowest BCUT2D eigenvalue weighted by atomic mass is 10.2. The van der Waals surface area contributed by atoms with E-state index in [2.05, 4.69) is 26.4 Å². The van der Waals surface area contributed by atoms with Gasteiger partial charge in [0.2, 0.25) is 11.8 Å². The maximum absolute atomic E-state index is 13.9. The average Bonchev–Trinajstić information content (AvgIpc) is 2.93. The molecule has 0 saturated heterocycles. The zero-order valence-corrected chi connectivity index (χ0v) is 25.3. The van der Waals surface area contributed by atoms with Crippen LogP contribution in [0.5, 0.6) is 0 Å². The van der Waals surface area contributed by atoms with E-state index in [0.29, 0.717) is 16.3 Å². The van der Waals surface area contributed by atoms with E-state index in [-0.39, 0.29) is 23.9 Å². The number of hydrogen-bond acceptors (Lipinski definition) is 8. The summed E-state index contributed by atoms with van der Waals surface area (Å²) in [6, 6.07) is 8.79. The molecule has 0 aliphatic carbocycles. The molecular formula is C29H33ClF2N6O6. The number of fused-ring (bicyclic) bond motifs is 1. The van der Waals surface area contributed by atoms with Crippen LogP contribution in [0, 0.1) is 11.6 Å². The van der Waals surface area contributed by atoms with E-state index < -0.39 is 60.4 Å². The molecule has 3 aromatic rings. The van der Waals surface area contributed by atoms with Crippen LogP contribution in [0.4, 0.5) is 24.2 Å². The van der Waals surface area contributed by atoms with Gasteiger partial charge in [0.1, 0.15) is 29.7 Å². The third-order valence-corrected chi connectivity index (χ3v) is 6.25. The van der Waals surface area contributed by atoms with Gasteiger partial charge in [-0.05, 0) is 62.1 Å². The highest BCUT2D eigenvalue weighted by Gasteiger charge is 2.25. The topological polar surface area (TPSA) is 151 Å². The Bertz CT molecular complexity index is 1520. The van der Waals surface area contributed by atoms with Gasteiger partial charge in [0.25, 0.3) is 0 Å². The van der Waals surface area contributed by atoms with Crippen LogP contribution >= 0.6 is 11.6 Å². The Morgan fingerprint density at radius 2 is 1.77 bits per heavy atom. The summed E-state index contributed by atoms with van der Waals surface area (Å²) in [4.78, 5) is 53.7. The van der Waals surface area contributed by atoms with Crippen LogP contribution in [0.1, 0.15) is 33.3 Å². The van der Waals surface area contributed by atoms with Gasteiger partial charge in [0.05, 0.1) is 17.6 Å². The fourth-order valence-electron chi connectivity index (χ4n) is 3.83. The van der Waals surface area contributed by atoms with E-state index in [0.717, 1.165) is 5.01 Å². The fourth-order valence-corrected chi connectivity index (χ4v) is 4.02. The van der Waals surface area contributed by atoms with Gasteiger partial charge >= 0.3 is 12.2 Å². The Morgan fingerprint density at radius 1 is 1.02 bits per heavy atom. The molecule has 1 atom stereocenters. The smallest absolute Gasteiger partial charge is 0.412 e. The second kappa shape index (κ2) is 15.3. The molecule has 3 rings (SSSR count). The number of amides is 4. The molecule has 0 fully saturated rings. The second-order valence-corrected chi connectivity index (χ2v) is 10.9. The van der Waals surface area contributed by atoms with E-state index >= 15 is 0 Å².